The van der Waals surface area contributed by atoms with Crippen LogP contribution in [0.1, 0.15) is 34.1 Å². The van der Waals surface area contributed by atoms with Crippen LogP contribution in [0, 0.1) is 0 Å². The van der Waals surface area contributed by atoms with Gasteiger partial charge in [0.1, 0.15) is 0 Å². The van der Waals surface area contributed by atoms with Crippen molar-refractivity contribution in [2.24, 2.45) is 0 Å². The molecule has 1 atom stereocenters. The number of carbonyl (C=O) groups is 3. The number of aromatic amines is 1. The highest BCUT2D eigenvalue weighted by molar-refractivity contribution is 6.33. The van der Waals surface area contributed by atoms with E-state index in [-0.39, 0.29) is 28.3 Å². The van der Waals surface area contributed by atoms with Crippen molar-refractivity contribution < 1.29 is 24.2 Å². The van der Waals surface area contributed by atoms with E-state index < -0.39 is 23.9 Å². The summed E-state index contributed by atoms with van der Waals surface area (Å²) < 4.78 is 5.32. The minimum atomic E-state index is -1.21. The molecular formula is C19H16ClN3O5. The van der Waals surface area contributed by atoms with E-state index in [4.69, 9.17) is 21.4 Å². The Labute approximate surface area is 164 Å². The molecule has 0 aliphatic heterocycles. The van der Waals surface area contributed by atoms with Crippen molar-refractivity contribution in [2.75, 3.05) is 5.32 Å². The highest BCUT2D eigenvalue weighted by atomic mass is 35.5. The SMILES string of the molecule is CCC(OC(=O)c1ccc2nc[nH]c2c1)C(=O)Nc1ccc(Cl)c(C(=O)O)c1. The predicted molar refractivity (Wildman–Crippen MR) is 103 cm³/mol. The number of imidazole rings is 1. The first kappa shape index (κ1) is 19.4. The van der Waals surface area contributed by atoms with E-state index in [1.165, 1.54) is 24.5 Å². The maximum Gasteiger partial charge on any atom is 0.338 e. The minimum Gasteiger partial charge on any atom is -0.478 e. The van der Waals surface area contributed by atoms with Gasteiger partial charge in [0.05, 0.1) is 33.5 Å². The number of aromatic nitrogens is 2. The Morgan fingerprint density at radius 2 is 2.04 bits per heavy atom. The largest absolute Gasteiger partial charge is 0.478 e. The fraction of sp³-hybridized carbons (Fsp3) is 0.158. The first-order valence-corrected chi connectivity index (χ1v) is 8.74. The lowest BCUT2D eigenvalue weighted by atomic mass is 10.1. The zero-order valence-corrected chi connectivity index (χ0v) is 15.5. The number of H-pyrrole nitrogens is 1. The second-order valence-corrected chi connectivity index (χ2v) is 6.33. The number of fused-ring (bicyclic) bond motifs is 1. The molecule has 0 saturated carbocycles. The minimum absolute atomic E-state index is 0.0539. The molecule has 144 valence electrons. The number of amides is 1. The highest BCUT2D eigenvalue weighted by Gasteiger charge is 2.23. The van der Waals surface area contributed by atoms with Crippen LogP contribution in [0.25, 0.3) is 11.0 Å². The van der Waals surface area contributed by atoms with Gasteiger partial charge in [-0.05, 0) is 42.8 Å². The molecule has 1 aromatic heterocycles. The zero-order valence-electron chi connectivity index (χ0n) is 14.7. The zero-order chi connectivity index (χ0) is 20.3. The fourth-order valence-electron chi connectivity index (χ4n) is 2.57. The number of aromatic carboxylic acids is 1. The number of rotatable bonds is 6. The summed E-state index contributed by atoms with van der Waals surface area (Å²) >= 11 is 5.82. The second-order valence-electron chi connectivity index (χ2n) is 5.93. The summed E-state index contributed by atoms with van der Waals surface area (Å²) in [6, 6.07) is 8.90. The van der Waals surface area contributed by atoms with Gasteiger partial charge in [0.25, 0.3) is 5.91 Å². The monoisotopic (exact) mass is 401 g/mol. The first-order valence-electron chi connectivity index (χ1n) is 8.37. The summed E-state index contributed by atoms with van der Waals surface area (Å²) in [4.78, 5) is 43.0. The summed E-state index contributed by atoms with van der Waals surface area (Å²) in [7, 11) is 0. The molecule has 1 amide bonds. The quantitative estimate of drug-likeness (QED) is 0.543. The molecule has 1 unspecified atom stereocenters. The van der Waals surface area contributed by atoms with Gasteiger partial charge in [-0.2, -0.15) is 0 Å². The number of ether oxygens (including phenoxy) is 1. The number of anilines is 1. The Bertz CT molecular complexity index is 1060. The number of carbonyl (C=O) groups excluding carboxylic acids is 2. The number of carboxylic acids is 1. The summed E-state index contributed by atoms with van der Waals surface area (Å²) in [5, 5.41) is 11.7. The molecule has 0 aliphatic carbocycles. The summed E-state index contributed by atoms with van der Waals surface area (Å²) in [5.41, 5.74) is 1.76. The molecule has 0 fully saturated rings. The van der Waals surface area contributed by atoms with E-state index in [1.54, 1.807) is 25.1 Å². The lowest BCUT2D eigenvalue weighted by molar-refractivity contribution is -0.124. The molecular weight excluding hydrogens is 386 g/mol. The van der Waals surface area contributed by atoms with Crippen molar-refractivity contribution in [1.82, 2.24) is 9.97 Å². The van der Waals surface area contributed by atoms with Gasteiger partial charge in [0.2, 0.25) is 0 Å². The molecule has 0 spiro atoms. The Morgan fingerprint density at radius 3 is 2.75 bits per heavy atom. The average molecular weight is 402 g/mol. The van der Waals surface area contributed by atoms with Crippen LogP contribution in [-0.4, -0.2) is 39.0 Å². The smallest absolute Gasteiger partial charge is 0.338 e. The van der Waals surface area contributed by atoms with Crippen LogP contribution in [0.4, 0.5) is 5.69 Å². The molecule has 3 rings (SSSR count). The third-order valence-corrected chi connectivity index (χ3v) is 4.36. The van der Waals surface area contributed by atoms with E-state index in [9.17, 15) is 14.4 Å². The standard InChI is InChI=1S/C19H16ClN3O5/c1-2-16(17(24)23-11-4-5-13(20)12(8-11)18(25)26)28-19(27)10-3-6-14-15(7-10)22-9-21-14/h3-9,16H,2H2,1H3,(H,21,22)(H,23,24)(H,25,26). The highest BCUT2D eigenvalue weighted by Crippen LogP contribution is 2.21. The number of halogens is 1. The van der Waals surface area contributed by atoms with Crippen molar-refractivity contribution in [2.45, 2.75) is 19.4 Å². The molecule has 8 nitrogen and oxygen atoms in total. The Kier molecular flexibility index (Phi) is 5.60. The number of nitrogens with zero attached hydrogens (tertiary/aromatic N) is 1. The third-order valence-electron chi connectivity index (χ3n) is 4.03. The maximum atomic E-state index is 12.5. The summed E-state index contributed by atoms with van der Waals surface area (Å²) in [5.74, 6) is -2.44. The fourth-order valence-corrected chi connectivity index (χ4v) is 2.77. The molecule has 0 bridgehead atoms. The number of hydrogen-bond acceptors (Lipinski definition) is 5. The van der Waals surface area contributed by atoms with Gasteiger partial charge in [-0.3, -0.25) is 4.79 Å². The number of esters is 1. The van der Waals surface area contributed by atoms with E-state index >= 15 is 0 Å². The van der Waals surface area contributed by atoms with Crippen LogP contribution in [-0.2, 0) is 9.53 Å². The molecule has 0 aliphatic rings. The molecule has 3 N–H and O–H groups in total. The molecule has 3 aromatic rings. The Balaban J connectivity index is 1.71. The topological polar surface area (TPSA) is 121 Å². The third kappa shape index (κ3) is 4.12. The van der Waals surface area contributed by atoms with E-state index in [0.29, 0.717) is 11.0 Å². The molecule has 1 heterocycles. The van der Waals surface area contributed by atoms with Gasteiger partial charge in [-0.1, -0.05) is 18.5 Å². The first-order chi connectivity index (χ1) is 13.4. The lowest BCUT2D eigenvalue weighted by Gasteiger charge is -2.16. The van der Waals surface area contributed by atoms with Crippen molar-refractivity contribution >= 4 is 46.2 Å². The van der Waals surface area contributed by atoms with Crippen molar-refractivity contribution in [3.05, 3.63) is 58.9 Å². The summed E-state index contributed by atoms with van der Waals surface area (Å²) in [6.45, 7) is 1.69. The van der Waals surface area contributed by atoms with Crippen LogP contribution >= 0.6 is 11.6 Å². The van der Waals surface area contributed by atoms with Crippen molar-refractivity contribution in [3.63, 3.8) is 0 Å². The maximum absolute atomic E-state index is 12.5. The number of hydrogen-bond donors (Lipinski definition) is 3. The van der Waals surface area contributed by atoms with Gasteiger partial charge in [-0.15, -0.1) is 0 Å². The van der Waals surface area contributed by atoms with Crippen LogP contribution in [0.15, 0.2) is 42.7 Å². The van der Waals surface area contributed by atoms with Gasteiger partial charge < -0.3 is 20.1 Å². The molecule has 0 saturated heterocycles. The van der Waals surface area contributed by atoms with Crippen LogP contribution in [0.5, 0.6) is 0 Å². The van der Waals surface area contributed by atoms with Gasteiger partial charge in [0, 0.05) is 5.69 Å². The molecule has 0 radical (unpaired) electrons. The molecule has 9 heteroatoms. The van der Waals surface area contributed by atoms with Crippen molar-refractivity contribution in [1.29, 1.82) is 0 Å². The van der Waals surface area contributed by atoms with Crippen LogP contribution < -0.4 is 5.32 Å². The number of benzene rings is 2. The number of carboxylic acid groups (broad SMARTS) is 1. The van der Waals surface area contributed by atoms with Gasteiger partial charge in [0.15, 0.2) is 6.10 Å². The lowest BCUT2D eigenvalue weighted by Crippen LogP contribution is -2.32. The Morgan fingerprint density at radius 1 is 1.25 bits per heavy atom. The van der Waals surface area contributed by atoms with Crippen molar-refractivity contribution in [3.8, 4) is 0 Å². The Hall–Kier alpha value is -3.39. The van der Waals surface area contributed by atoms with Crippen LogP contribution in [0.3, 0.4) is 0 Å². The average Bonchev–Trinajstić information content (AvgIpc) is 3.14. The molecule has 2 aromatic carbocycles. The van der Waals surface area contributed by atoms with E-state index in [0.717, 1.165) is 0 Å². The van der Waals surface area contributed by atoms with Crippen LogP contribution in [0.2, 0.25) is 5.02 Å². The van der Waals surface area contributed by atoms with Gasteiger partial charge >= 0.3 is 11.9 Å². The second kappa shape index (κ2) is 8.10. The van der Waals surface area contributed by atoms with Gasteiger partial charge in [-0.25, -0.2) is 14.6 Å². The normalized spacial score (nSPS) is 11.8. The van der Waals surface area contributed by atoms with E-state index in [1.807, 2.05) is 0 Å². The molecule has 28 heavy (non-hydrogen) atoms. The van der Waals surface area contributed by atoms with E-state index in [2.05, 4.69) is 15.3 Å². The number of nitrogens with one attached hydrogen (secondary N) is 2. The summed E-state index contributed by atoms with van der Waals surface area (Å²) in [6.07, 6.45) is 0.706. The predicted octanol–water partition coefficient (Wildman–Crippen LogP) is 3.49.